The third kappa shape index (κ3) is 2.90. The smallest absolute Gasteiger partial charge is 0.450 e. The zero-order valence-corrected chi connectivity index (χ0v) is 14.1. The average molecular weight is 362 g/mol. The Kier molecular flexibility index (Phi) is 4.43. The zero-order chi connectivity index (χ0) is 18.8. The van der Waals surface area contributed by atoms with E-state index in [-0.39, 0.29) is 23.5 Å². The van der Waals surface area contributed by atoms with Crippen molar-refractivity contribution in [3.8, 4) is 23.0 Å². The molecule has 0 fully saturated rings. The molecule has 0 spiro atoms. The van der Waals surface area contributed by atoms with Crippen molar-refractivity contribution in [2.45, 2.75) is 0 Å². The minimum Gasteiger partial charge on any atom is -0.480 e. The molecule has 3 heterocycles. The van der Waals surface area contributed by atoms with E-state index in [1.54, 1.807) is 19.2 Å². The van der Waals surface area contributed by atoms with Gasteiger partial charge in [-0.15, -0.1) is 0 Å². The number of nitrogens with zero attached hydrogens (tertiary/aromatic N) is 4. The molecule has 0 radical (unpaired) electrons. The van der Waals surface area contributed by atoms with Crippen LogP contribution in [0.1, 0.15) is 0 Å². The van der Waals surface area contributed by atoms with Crippen LogP contribution in [0, 0.1) is 0 Å². The number of amides is 1. The van der Waals surface area contributed by atoms with Crippen LogP contribution in [0.5, 0.6) is 11.8 Å². The van der Waals surface area contributed by atoms with Gasteiger partial charge in [-0.1, -0.05) is 0 Å². The summed E-state index contributed by atoms with van der Waals surface area (Å²) in [5.41, 5.74) is 7.57. The van der Waals surface area contributed by atoms with Crippen LogP contribution in [-0.2, 0) is 12.0 Å². The van der Waals surface area contributed by atoms with Crippen LogP contribution in [0.4, 0.5) is 21.1 Å². The molecule has 3 aromatic rings. The summed E-state index contributed by atoms with van der Waals surface area (Å²) in [5, 5.41) is 2.87. The standard InChI is InChI=1S/C15H15FN6O4/c1-22-8(11-12(24-2)20-14(17)21-13(11)25-3)4-7-5-10(18-6-9(7)22)19-15(23)26-16/h4-6H,1-3H3,(H2,17,20,21)(H,18,19,23). The van der Waals surface area contributed by atoms with Crippen molar-refractivity contribution in [1.82, 2.24) is 19.5 Å². The molecule has 0 atom stereocenters. The molecule has 0 unspecified atom stereocenters. The minimum atomic E-state index is -1.26. The molecule has 0 aliphatic carbocycles. The normalized spacial score (nSPS) is 10.6. The minimum absolute atomic E-state index is 0.0131. The lowest BCUT2D eigenvalue weighted by Crippen LogP contribution is -2.10. The van der Waals surface area contributed by atoms with Crippen molar-refractivity contribution in [3.05, 3.63) is 18.3 Å². The lowest BCUT2D eigenvalue weighted by molar-refractivity contribution is -0.0544. The molecule has 1 amide bonds. The van der Waals surface area contributed by atoms with Crippen molar-refractivity contribution in [1.29, 1.82) is 0 Å². The molecule has 0 aliphatic heterocycles. The summed E-state index contributed by atoms with van der Waals surface area (Å²) >= 11 is 0. The Labute approximate surface area is 146 Å². The fraction of sp³-hybridized carbons (Fsp3) is 0.200. The molecule has 3 N–H and O–H groups in total. The number of nitrogens with one attached hydrogen (secondary N) is 1. The fourth-order valence-electron chi connectivity index (χ4n) is 2.62. The summed E-state index contributed by atoms with van der Waals surface area (Å²) in [6.07, 6.45) is 0.257. The summed E-state index contributed by atoms with van der Waals surface area (Å²) in [7, 11) is 4.72. The van der Waals surface area contributed by atoms with Gasteiger partial charge < -0.3 is 19.8 Å². The number of fused-ring (bicyclic) bond motifs is 1. The van der Waals surface area contributed by atoms with Gasteiger partial charge in [0.2, 0.25) is 17.7 Å². The number of carbonyl (C=O) groups excluding carboxylic acids is 1. The zero-order valence-electron chi connectivity index (χ0n) is 14.1. The van der Waals surface area contributed by atoms with Crippen molar-refractivity contribution < 1.29 is 23.7 Å². The highest BCUT2D eigenvalue weighted by atomic mass is 19.3. The number of aryl methyl sites for hydroxylation is 1. The van der Waals surface area contributed by atoms with Crippen LogP contribution in [0.2, 0.25) is 0 Å². The second kappa shape index (κ2) is 6.70. The first-order valence-corrected chi connectivity index (χ1v) is 7.29. The fourth-order valence-corrected chi connectivity index (χ4v) is 2.62. The highest BCUT2D eigenvalue weighted by Gasteiger charge is 2.21. The lowest BCUT2D eigenvalue weighted by Gasteiger charge is -2.12. The number of hydrogen-bond donors (Lipinski definition) is 2. The topological polar surface area (TPSA) is 126 Å². The van der Waals surface area contributed by atoms with E-state index in [2.05, 4.69) is 25.2 Å². The predicted octanol–water partition coefficient (Wildman–Crippen LogP) is 2.06. The second-order valence-corrected chi connectivity index (χ2v) is 5.18. The van der Waals surface area contributed by atoms with Gasteiger partial charge in [0.25, 0.3) is 0 Å². The summed E-state index contributed by atoms with van der Waals surface area (Å²) in [6.45, 7) is 0. The number of hydrogen-bond acceptors (Lipinski definition) is 8. The number of ether oxygens (including phenoxy) is 2. The molecule has 0 aliphatic rings. The van der Waals surface area contributed by atoms with Crippen LogP contribution in [0.15, 0.2) is 18.3 Å². The van der Waals surface area contributed by atoms with Gasteiger partial charge in [0.15, 0.2) is 0 Å². The number of nitrogens with two attached hydrogens (primary N) is 1. The third-order valence-electron chi connectivity index (χ3n) is 3.73. The van der Waals surface area contributed by atoms with Crippen LogP contribution in [0.25, 0.3) is 22.2 Å². The first kappa shape index (κ1) is 17.2. The van der Waals surface area contributed by atoms with E-state index in [1.807, 2.05) is 4.57 Å². The van der Waals surface area contributed by atoms with E-state index in [1.165, 1.54) is 20.4 Å². The van der Waals surface area contributed by atoms with Gasteiger partial charge in [-0.3, -0.25) is 5.32 Å². The van der Waals surface area contributed by atoms with Gasteiger partial charge in [-0.25, -0.2) is 14.7 Å². The van der Waals surface area contributed by atoms with E-state index in [9.17, 15) is 9.32 Å². The Bertz CT molecular complexity index is 965. The highest BCUT2D eigenvalue weighted by Crippen LogP contribution is 2.38. The van der Waals surface area contributed by atoms with E-state index in [4.69, 9.17) is 15.2 Å². The van der Waals surface area contributed by atoms with Gasteiger partial charge in [-0.05, 0) is 12.1 Å². The molecule has 3 aromatic heterocycles. The van der Waals surface area contributed by atoms with Crippen molar-refractivity contribution >= 4 is 28.8 Å². The SMILES string of the molecule is COc1nc(N)nc(OC)c1-c1cc2cc(NC(=O)OF)ncc2n1C. The highest BCUT2D eigenvalue weighted by molar-refractivity contribution is 5.92. The van der Waals surface area contributed by atoms with Crippen LogP contribution in [0.3, 0.4) is 0 Å². The molecular formula is C15H15FN6O4. The molecule has 136 valence electrons. The molecule has 0 saturated carbocycles. The molecule has 11 heteroatoms. The predicted molar refractivity (Wildman–Crippen MR) is 90.5 cm³/mol. The van der Waals surface area contributed by atoms with Crippen molar-refractivity contribution in [3.63, 3.8) is 0 Å². The average Bonchev–Trinajstić information content (AvgIpc) is 2.96. The maximum atomic E-state index is 11.9. The number of nitrogen functional groups attached to an aromatic ring is 1. The molecule has 0 aromatic carbocycles. The molecule has 0 saturated heterocycles. The summed E-state index contributed by atoms with van der Waals surface area (Å²) in [6, 6.07) is 3.36. The molecule has 26 heavy (non-hydrogen) atoms. The molecule has 10 nitrogen and oxygen atoms in total. The second-order valence-electron chi connectivity index (χ2n) is 5.18. The van der Waals surface area contributed by atoms with Gasteiger partial charge >= 0.3 is 6.09 Å². The van der Waals surface area contributed by atoms with Crippen molar-refractivity contribution in [2.24, 2.45) is 7.05 Å². The number of carbonyl (C=O) groups is 1. The van der Waals surface area contributed by atoms with Gasteiger partial charge in [0.1, 0.15) is 11.4 Å². The van der Waals surface area contributed by atoms with Gasteiger partial charge in [-0.2, -0.15) is 9.97 Å². The first-order chi connectivity index (χ1) is 12.5. The largest absolute Gasteiger partial charge is 0.480 e. The number of pyridine rings is 1. The molecule has 0 bridgehead atoms. The van der Waals surface area contributed by atoms with E-state index < -0.39 is 6.09 Å². The number of halogens is 1. The number of anilines is 2. The Balaban J connectivity index is 2.17. The van der Waals surface area contributed by atoms with E-state index >= 15 is 0 Å². The molecule has 3 rings (SSSR count). The Hall–Kier alpha value is -3.63. The first-order valence-electron chi connectivity index (χ1n) is 7.29. The van der Waals surface area contributed by atoms with Crippen molar-refractivity contribution in [2.75, 3.05) is 25.3 Å². The van der Waals surface area contributed by atoms with Crippen LogP contribution < -0.4 is 20.5 Å². The maximum absolute atomic E-state index is 11.9. The number of methoxy groups -OCH3 is 2. The number of rotatable bonds is 4. The Morgan fingerprint density at radius 2 is 1.88 bits per heavy atom. The van der Waals surface area contributed by atoms with Crippen LogP contribution in [-0.4, -0.2) is 39.8 Å². The van der Waals surface area contributed by atoms with Gasteiger partial charge in [0, 0.05) is 17.0 Å². The summed E-state index contributed by atoms with van der Waals surface area (Å²) in [4.78, 5) is 26.3. The van der Waals surface area contributed by atoms with Gasteiger partial charge in [0.05, 0.1) is 31.6 Å². The Morgan fingerprint density at radius 1 is 1.23 bits per heavy atom. The van der Waals surface area contributed by atoms with Crippen LogP contribution >= 0.6 is 0 Å². The summed E-state index contributed by atoms with van der Waals surface area (Å²) < 4.78 is 24.3. The number of aromatic nitrogens is 4. The quantitative estimate of drug-likeness (QED) is 0.722. The van der Waals surface area contributed by atoms with E-state index in [0.717, 1.165) is 5.52 Å². The van der Waals surface area contributed by atoms with E-state index in [0.29, 0.717) is 16.6 Å². The third-order valence-corrected chi connectivity index (χ3v) is 3.73. The maximum Gasteiger partial charge on any atom is 0.450 e. The monoisotopic (exact) mass is 362 g/mol. The Morgan fingerprint density at radius 3 is 2.46 bits per heavy atom. The lowest BCUT2D eigenvalue weighted by atomic mass is 10.2. The summed E-state index contributed by atoms with van der Waals surface area (Å²) in [5.74, 6) is 0.629. The molecular weight excluding hydrogens is 347 g/mol.